The van der Waals surface area contributed by atoms with Gasteiger partial charge in [-0.15, -0.1) is 0 Å². The monoisotopic (exact) mass is 470 g/mol. The van der Waals surface area contributed by atoms with Crippen molar-refractivity contribution in [2.24, 2.45) is 0 Å². The number of nitrogens with zero attached hydrogens (tertiary/aromatic N) is 2. The lowest BCUT2D eigenvalue weighted by Gasteiger charge is -2.13. The van der Waals surface area contributed by atoms with Crippen LogP contribution in [0.3, 0.4) is 0 Å². The third-order valence-electron chi connectivity index (χ3n) is 4.46. The summed E-state index contributed by atoms with van der Waals surface area (Å²) in [7, 11) is 0. The summed E-state index contributed by atoms with van der Waals surface area (Å²) < 4.78 is 81.0. The second-order valence-electron chi connectivity index (χ2n) is 6.70. The fourth-order valence-corrected chi connectivity index (χ4v) is 3.66. The molecule has 1 heterocycles. The number of ether oxygens (including phenoxy) is 1. The van der Waals surface area contributed by atoms with Crippen LogP contribution < -0.4 is 0 Å². The maximum atomic E-state index is 14.1. The maximum Gasteiger partial charge on any atom is 0.433 e. The van der Waals surface area contributed by atoms with E-state index in [0.29, 0.717) is 10.2 Å². The van der Waals surface area contributed by atoms with Crippen molar-refractivity contribution in [1.29, 1.82) is 0 Å². The van der Waals surface area contributed by atoms with E-state index in [1.807, 2.05) is 0 Å². The third-order valence-corrected chi connectivity index (χ3v) is 5.04. The van der Waals surface area contributed by atoms with E-state index in [1.54, 1.807) is 0 Å². The van der Waals surface area contributed by atoms with E-state index in [4.69, 9.17) is 9.29 Å². The molecular formula is C21H18F4N2O4S. The highest BCUT2D eigenvalue weighted by atomic mass is 32.2. The van der Waals surface area contributed by atoms with Crippen molar-refractivity contribution < 1.29 is 35.9 Å². The lowest BCUT2D eigenvalue weighted by molar-refractivity contribution is -0.149. The van der Waals surface area contributed by atoms with Crippen molar-refractivity contribution in [3.63, 3.8) is 0 Å². The number of esters is 1. The smallest absolute Gasteiger partial charge is 0.433 e. The predicted molar refractivity (Wildman–Crippen MR) is 109 cm³/mol. The number of carbonyl (C=O) groups excluding carboxylic acids is 1. The number of carbonyl (C=O) groups is 1. The molecule has 1 aromatic heterocycles. The van der Waals surface area contributed by atoms with E-state index >= 15 is 0 Å². The highest BCUT2D eigenvalue weighted by Crippen LogP contribution is 2.42. The molecule has 11 heteroatoms. The van der Waals surface area contributed by atoms with Gasteiger partial charge in [-0.1, -0.05) is 36.4 Å². The molecule has 0 bridgehead atoms. The van der Waals surface area contributed by atoms with Crippen LogP contribution in [0.25, 0.3) is 22.4 Å². The Bertz CT molecular complexity index is 1130. The summed E-state index contributed by atoms with van der Waals surface area (Å²) >= 11 is -2.08. The van der Waals surface area contributed by atoms with Gasteiger partial charge >= 0.3 is 12.1 Å². The predicted octanol–water partition coefficient (Wildman–Crippen LogP) is 4.66. The van der Waals surface area contributed by atoms with E-state index in [0.717, 1.165) is 12.1 Å². The molecule has 1 atom stereocenters. The Balaban J connectivity index is 2.22. The molecule has 0 spiro atoms. The van der Waals surface area contributed by atoms with Crippen molar-refractivity contribution >= 4 is 17.0 Å². The summed E-state index contributed by atoms with van der Waals surface area (Å²) in [5, 5.41) is 4.05. The summed E-state index contributed by atoms with van der Waals surface area (Å²) in [6.45, 7) is 0.757. The fourth-order valence-electron chi connectivity index (χ4n) is 3.19. The first-order valence-corrected chi connectivity index (χ1v) is 10.6. The van der Waals surface area contributed by atoms with Gasteiger partial charge < -0.3 is 9.29 Å². The summed E-state index contributed by atoms with van der Waals surface area (Å²) in [5.74, 6) is -1.65. The zero-order valence-corrected chi connectivity index (χ0v) is 17.5. The Morgan fingerprint density at radius 2 is 1.69 bits per heavy atom. The largest absolute Gasteiger partial charge is 0.465 e. The van der Waals surface area contributed by atoms with Crippen LogP contribution in [0.1, 0.15) is 18.2 Å². The van der Waals surface area contributed by atoms with Crippen LogP contribution in [-0.4, -0.2) is 31.1 Å². The number of benzene rings is 2. The Morgan fingerprint density at radius 1 is 1.09 bits per heavy atom. The van der Waals surface area contributed by atoms with Crippen LogP contribution in [0.4, 0.5) is 17.6 Å². The van der Waals surface area contributed by atoms with E-state index in [1.165, 1.54) is 43.3 Å². The van der Waals surface area contributed by atoms with Crippen molar-refractivity contribution in [3.05, 3.63) is 65.6 Å². The van der Waals surface area contributed by atoms with Crippen LogP contribution in [-0.2, 0) is 39.1 Å². The van der Waals surface area contributed by atoms with Crippen LogP contribution >= 0.6 is 0 Å². The summed E-state index contributed by atoms with van der Waals surface area (Å²) in [4.78, 5) is 11.9. The molecule has 0 aliphatic heterocycles. The lowest BCUT2D eigenvalue weighted by atomic mass is 9.98. The minimum atomic E-state index is -4.88. The van der Waals surface area contributed by atoms with Gasteiger partial charge in [-0.2, -0.15) is 18.3 Å². The summed E-state index contributed by atoms with van der Waals surface area (Å²) in [6.07, 6.45) is -4.88. The highest BCUT2D eigenvalue weighted by Gasteiger charge is 2.41. The minimum Gasteiger partial charge on any atom is -0.465 e. The quantitative estimate of drug-likeness (QED) is 0.309. The van der Waals surface area contributed by atoms with Crippen LogP contribution in [0, 0.1) is 5.82 Å². The molecule has 3 rings (SSSR count). The van der Waals surface area contributed by atoms with Gasteiger partial charge in [-0.3, -0.25) is 4.79 Å². The number of aromatic nitrogens is 2. The first-order chi connectivity index (χ1) is 15.1. The van der Waals surface area contributed by atoms with E-state index < -0.39 is 41.3 Å². The van der Waals surface area contributed by atoms with Crippen molar-refractivity contribution in [2.45, 2.75) is 25.4 Å². The van der Waals surface area contributed by atoms with Crippen molar-refractivity contribution in [1.82, 2.24) is 9.78 Å². The van der Waals surface area contributed by atoms with Gasteiger partial charge in [0.25, 0.3) is 0 Å². The highest BCUT2D eigenvalue weighted by molar-refractivity contribution is 7.78. The molecule has 0 aliphatic rings. The molecule has 32 heavy (non-hydrogen) atoms. The second-order valence-corrected chi connectivity index (χ2v) is 7.63. The second kappa shape index (κ2) is 9.61. The number of alkyl halides is 3. The van der Waals surface area contributed by atoms with Gasteiger partial charge in [0.2, 0.25) is 0 Å². The Morgan fingerprint density at radius 3 is 2.22 bits per heavy atom. The van der Waals surface area contributed by atoms with Gasteiger partial charge in [0.05, 0.1) is 12.4 Å². The Hall–Kier alpha value is -3.05. The first kappa shape index (κ1) is 23.6. The minimum absolute atomic E-state index is 0.00712. The van der Waals surface area contributed by atoms with Crippen molar-refractivity contribution in [2.75, 3.05) is 6.61 Å². The molecular weight excluding hydrogens is 452 g/mol. The summed E-state index contributed by atoms with van der Waals surface area (Å²) in [5.41, 5.74) is -0.730. The van der Waals surface area contributed by atoms with Crippen LogP contribution in [0.2, 0.25) is 0 Å². The molecule has 3 aromatic rings. The number of hydrogen-bond acceptors (Lipinski definition) is 4. The Labute approximate surface area is 183 Å². The zero-order chi connectivity index (χ0) is 23.5. The standard InChI is InChI=1S/C21H18F4N2O4S/c1-2-31-17(28)11-27-20(21(23,24)25)18(14-7-9-16(22)10-8-14)19(26-27)15-5-3-13(4-6-15)12-32(29)30/h3-10H,2,11-12H2,1H3,(H,29,30). The maximum absolute atomic E-state index is 14.1. The molecule has 6 nitrogen and oxygen atoms in total. The number of hydrogen-bond donors (Lipinski definition) is 1. The first-order valence-electron chi connectivity index (χ1n) is 9.36. The number of rotatable bonds is 7. The molecule has 1 unspecified atom stereocenters. The van der Waals surface area contributed by atoms with E-state index in [9.17, 15) is 26.6 Å². The van der Waals surface area contributed by atoms with Gasteiger partial charge in [0.1, 0.15) is 18.1 Å². The lowest BCUT2D eigenvalue weighted by Crippen LogP contribution is -2.21. The number of halogens is 4. The molecule has 0 saturated heterocycles. The molecule has 0 amide bonds. The van der Waals surface area contributed by atoms with E-state index in [2.05, 4.69) is 5.10 Å². The van der Waals surface area contributed by atoms with Gasteiger partial charge in [0.15, 0.2) is 16.8 Å². The average molecular weight is 470 g/mol. The van der Waals surface area contributed by atoms with E-state index in [-0.39, 0.29) is 34.7 Å². The topological polar surface area (TPSA) is 81.4 Å². The molecule has 1 N–H and O–H groups in total. The zero-order valence-electron chi connectivity index (χ0n) is 16.7. The molecule has 0 fully saturated rings. The van der Waals surface area contributed by atoms with Crippen LogP contribution in [0.15, 0.2) is 48.5 Å². The van der Waals surface area contributed by atoms with Gasteiger partial charge in [0, 0.05) is 11.1 Å². The van der Waals surface area contributed by atoms with Gasteiger partial charge in [-0.25, -0.2) is 13.3 Å². The molecule has 0 aliphatic carbocycles. The molecule has 0 radical (unpaired) electrons. The SMILES string of the molecule is CCOC(=O)Cn1nc(-c2ccc(CS(=O)O)cc2)c(-c2ccc(F)cc2)c1C(F)(F)F. The normalized spacial score (nSPS) is 12.6. The average Bonchev–Trinajstić information content (AvgIpc) is 3.08. The molecule has 2 aromatic carbocycles. The van der Waals surface area contributed by atoms with Crippen LogP contribution in [0.5, 0.6) is 0 Å². The molecule has 170 valence electrons. The summed E-state index contributed by atoms with van der Waals surface area (Å²) in [6, 6.07) is 10.4. The third kappa shape index (κ3) is 5.40. The fraction of sp³-hybridized carbons (Fsp3) is 0.238. The Kier molecular flexibility index (Phi) is 7.09. The van der Waals surface area contributed by atoms with Gasteiger partial charge in [-0.05, 0) is 30.2 Å². The molecule has 0 saturated carbocycles. The van der Waals surface area contributed by atoms with Crippen molar-refractivity contribution in [3.8, 4) is 22.4 Å².